The van der Waals surface area contributed by atoms with Gasteiger partial charge >= 0.3 is 0 Å². The zero-order chi connectivity index (χ0) is 30.9. The molecule has 4 rings (SSSR count). The number of para-hydroxylation sites is 1. The SMILES string of the molecule is C=CCN(CCC)C(=O)[C@@H]1[C@H]2C(=O)N([C@@H](CO)[C@@H](C)CC)C(C(=O)N(CC=C)c3c(C)cccc3Cl)C23S[C@@H]1CC3C. The lowest BCUT2D eigenvalue weighted by Crippen LogP contribution is -2.60. The molecule has 3 fully saturated rings. The van der Waals surface area contributed by atoms with Gasteiger partial charge in [0.15, 0.2) is 0 Å². The van der Waals surface area contributed by atoms with Crippen molar-refractivity contribution in [3.8, 4) is 0 Å². The van der Waals surface area contributed by atoms with Crippen LogP contribution in [0.1, 0.15) is 52.5 Å². The van der Waals surface area contributed by atoms with Crippen molar-refractivity contribution in [1.82, 2.24) is 9.80 Å². The van der Waals surface area contributed by atoms with Crippen molar-refractivity contribution in [3.05, 3.63) is 54.1 Å². The Kier molecular flexibility index (Phi) is 10.2. The molecule has 2 bridgehead atoms. The van der Waals surface area contributed by atoms with Gasteiger partial charge in [0.25, 0.3) is 5.91 Å². The zero-order valence-electron chi connectivity index (χ0n) is 25.6. The molecule has 0 aromatic heterocycles. The molecule has 1 N–H and O–H groups in total. The minimum absolute atomic E-state index is 0.0117. The van der Waals surface area contributed by atoms with Gasteiger partial charge in [-0.3, -0.25) is 14.4 Å². The Morgan fingerprint density at radius 2 is 1.93 bits per heavy atom. The fourth-order valence-corrected chi connectivity index (χ4v) is 10.4. The highest BCUT2D eigenvalue weighted by Crippen LogP contribution is 2.69. The summed E-state index contributed by atoms with van der Waals surface area (Å²) in [6.45, 7) is 18.8. The molecule has 3 aliphatic rings. The summed E-state index contributed by atoms with van der Waals surface area (Å²) in [7, 11) is 0. The topological polar surface area (TPSA) is 81.2 Å². The largest absolute Gasteiger partial charge is 0.394 e. The molecule has 42 heavy (non-hydrogen) atoms. The van der Waals surface area contributed by atoms with E-state index < -0.39 is 28.7 Å². The van der Waals surface area contributed by atoms with Crippen LogP contribution in [0.4, 0.5) is 5.69 Å². The maximum Gasteiger partial charge on any atom is 0.251 e. The van der Waals surface area contributed by atoms with Gasteiger partial charge in [0.1, 0.15) is 6.04 Å². The second kappa shape index (κ2) is 13.1. The third-order valence-corrected chi connectivity index (χ3v) is 12.1. The molecule has 0 radical (unpaired) electrons. The van der Waals surface area contributed by atoms with Crippen LogP contribution in [-0.2, 0) is 14.4 Å². The van der Waals surface area contributed by atoms with E-state index in [1.54, 1.807) is 44.7 Å². The molecule has 3 heterocycles. The second-order valence-corrected chi connectivity index (χ2v) is 14.1. The summed E-state index contributed by atoms with van der Waals surface area (Å²) in [5.74, 6) is -1.70. The predicted molar refractivity (Wildman–Crippen MR) is 172 cm³/mol. The van der Waals surface area contributed by atoms with E-state index in [1.807, 2.05) is 39.8 Å². The molecular formula is C33H46ClN3O4S. The molecule has 7 nitrogen and oxygen atoms in total. The van der Waals surface area contributed by atoms with Gasteiger partial charge in [-0.15, -0.1) is 24.9 Å². The lowest BCUT2D eigenvalue weighted by Gasteiger charge is -2.43. The van der Waals surface area contributed by atoms with Gasteiger partial charge < -0.3 is 19.8 Å². The van der Waals surface area contributed by atoms with E-state index in [0.717, 1.165) is 24.8 Å². The van der Waals surface area contributed by atoms with Crippen LogP contribution < -0.4 is 4.90 Å². The molecule has 9 heteroatoms. The van der Waals surface area contributed by atoms with E-state index in [2.05, 4.69) is 20.1 Å². The number of nitrogens with zero attached hydrogens (tertiary/aromatic N) is 3. The number of thioether (sulfide) groups is 1. The van der Waals surface area contributed by atoms with Crippen LogP contribution >= 0.6 is 23.4 Å². The number of aliphatic hydroxyl groups is 1. The summed E-state index contributed by atoms with van der Waals surface area (Å²) in [6, 6.07) is 4.10. The highest BCUT2D eigenvalue weighted by molar-refractivity contribution is 8.02. The third-order valence-electron chi connectivity index (χ3n) is 9.74. The number of anilines is 1. The smallest absolute Gasteiger partial charge is 0.251 e. The quantitative estimate of drug-likeness (QED) is 0.303. The number of carbonyl (C=O) groups excluding carboxylic acids is 3. The summed E-state index contributed by atoms with van der Waals surface area (Å²) >= 11 is 8.36. The molecule has 3 amide bonds. The van der Waals surface area contributed by atoms with E-state index >= 15 is 4.79 Å². The summed E-state index contributed by atoms with van der Waals surface area (Å²) in [5.41, 5.74) is 1.44. The number of benzene rings is 1. The standard InChI is InChI=1S/C33H46ClN3O4S/c1-8-15-35(16-9-2)30(39)26-25-18-22(7)33(42-25)27(26)31(40)37(24(19-38)20(5)11-4)29(33)32(41)36(17-10-3)28-21(6)13-12-14-23(28)34/h8,10,12-14,20,22,24-27,29,38H,1,3,9,11,15-19H2,2,4-7H3/t20-,22?,24-,25+,26-,27-,29?,33?/m0/s1. The van der Waals surface area contributed by atoms with Gasteiger partial charge in [-0.1, -0.05) is 70.0 Å². The highest BCUT2D eigenvalue weighted by atomic mass is 35.5. The molecule has 0 aliphatic carbocycles. The molecule has 3 aliphatic heterocycles. The Morgan fingerprint density at radius 3 is 2.50 bits per heavy atom. The number of fused-ring (bicyclic) bond motifs is 1. The number of halogens is 1. The van der Waals surface area contributed by atoms with Crippen molar-refractivity contribution in [2.24, 2.45) is 23.7 Å². The minimum Gasteiger partial charge on any atom is -0.394 e. The van der Waals surface area contributed by atoms with Crippen LogP contribution in [-0.4, -0.2) is 80.9 Å². The van der Waals surface area contributed by atoms with Crippen LogP contribution in [0.2, 0.25) is 5.02 Å². The van der Waals surface area contributed by atoms with Crippen LogP contribution in [0.15, 0.2) is 43.5 Å². The van der Waals surface area contributed by atoms with E-state index in [9.17, 15) is 14.7 Å². The molecular weight excluding hydrogens is 570 g/mol. The summed E-state index contributed by atoms with van der Waals surface area (Å²) in [6.07, 6.45) is 5.67. The van der Waals surface area contributed by atoms with Crippen LogP contribution in [0.25, 0.3) is 0 Å². The molecule has 3 saturated heterocycles. The monoisotopic (exact) mass is 615 g/mol. The van der Waals surface area contributed by atoms with Crippen molar-refractivity contribution >= 4 is 46.8 Å². The summed E-state index contributed by atoms with van der Waals surface area (Å²) < 4.78 is -0.805. The van der Waals surface area contributed by atoms with Gasteiger partial charge in [-0.25, -0.2) is 0 Å². The van der Waals surface area contributed by atoms with Gasteiger partial charge in [-0.2, -0.15) is 0 Å². The number of hydrogen-bond donors (Lipinski definition) is 1. The highest BCUT2D eigenvalue weighted by Gasteiger charge is 2.77. The van der Waals surface area contributed by atoms with Crippen LogP contribution in [0, 0.1) is 30.6 Å². The summed E-state index contributed by atoms with van der Waals surface area (Å²) in [5, 5.41) is 11.1. The van der Waals surface area contributed by atoms with Crippen molar-refractivity contribution in [2.45, 2.75) is 76.0 Å². The Labute approximate surface area is 260 Å². The summed E-state index contributed by atoms with van der Waals surface area (Å²) in [4.78, 5) is 49.1. The molecule has 3 unspecified atom stereocenters. The predicted octanol–water partition coefficient (Wildman–Crippen LogP) is 5.34. The second-order valence-electron chi connectivity index (χ2n) is 12.1. The molecule has 8 atom stereocenters. The Balaban J connectivity index is 1.91. The fraction of sp³-hybridized carbons (Fsp3) is 0.606. The first-order chi connectivity index (χ1) is 20.0. The first-order valence-electron chi connectivity index (χ1n) is 15.2. The number of carbonyl (C=O) groups is 3. The molecule has 0 saturated carbocycles. The zero-order valence-corrected chi connectivity index (χ0v) is 27.2. The third kappa shape index (κ3) is 5.11. The number of aliphatic hydroxyl groups excluding tert-OH is 1. The van der Waals surface area contributed by atoms with Crippen molar-refractivity contribution in [2.75, 3.05) is 31.1 Å². The first kappa shape index (κ1) is 32.6. The maximum atomic E-state index is 15.0. The van der Waals surface area contributed by atoms with Crippen LogP contribution in [0.3, 0.4) is 0 Å². The Hall–Kier alpha value is -2.29. The molecule has 230 valence electrons. The number of amides is 3. The lowest BCUT2D eigenvalue weighted by atomic mass is 9.65. The molecule has 1 aromatic carbocycles. The van der Waals surface area contributed by atoms with Crippen LogP contribution in [0.5, 0.6) is 0 Å². The number of aryl methyl sites for hydroxylation is 1. The van der Waals surface area contributed by atoms with Gasteiger partial charge in [0.05, 0.1) is 39.9 Å². The van der Waals surface area contributed by atoms with Crippen molar-refractivity contribution < 1.29 is 19.5 Å². The lowest BCUT2D eigenvalue weighted by molar-refractivity contribution is -0.146. The van der Waals surface area contributed by atoms with E-state index in [1.165, 1.54) is 0 Å². The Morgan fingerprint density at radius 1 is 1.24 bits per heavy atom. The van der Waals surface area contributed by atoms with Gasteiger partial charge in [0.2, 0.25) is 11.8 Å². The first-order valence-corrected chi connectivity index (χ1v) is 16.5. The van der Waals surface area contributed by atoms with E-state index in [4.69, 9.17) is 11.6 Å². The number of rotatable bonds is 13. The molecule has 1 spiro atoms. The fourth-order valence-electron chi connectivity index (χ4n) is 7.65. The molecule has 1 aromatic rings. The van der Waals surface area contributed by atoms with Gasteiger partial charge in [0, 0.05) is 24.9 Å². The van der Waals surface area contributed by atoms with Crippen molar-refractivity contribution in [1.29, 1.82) is 0 Å². The van der Waals surface area contributed by atoms with E-state index in [0.29, 0.717) is 23.8 Å². The van der Waals surface area contributed by atoms with Gasteiger partial charge in [-0.05, 0) is 43.2 Å². The van der Waals surface area contributed by atoms with Crippen molar-refractivity contribution in [3.63, 3.8) is 0 Å². The number of likely N-dealkylation sites (tertiary alicyclic amines) is 1. The average Bonchev–Trinajstić information content (AvgIpc) is 3.55. The average molecular weight is 616 g/mol. The normalized spacial score (nSPS) is 29.3. The maximum absolute atomic E-state index is 15.0. The minimum atomic E-state index is -0.862. The Bertz CT molecular complexity index is 1210. The van der Waals surface area contributed by atoms with E-state index in [-0.39, 0.29) is 48.0 Å². The number of hydrogen-bond acceptors (Lipinski definition) is 5.